The van der Waals surface area contributed by atoms with E-state index in [4.69, 9.17) is 0 Å². The smallest absolute Gasteiger partial charge is 0.284 e. The lowest BCUT2D eigenvalue weighted by Crippen LogP contribution is -2.41. The number of carbonyl (C=O) groups excluding carboxylic acids is 1. The first kappa shape index (κ1) is 15.0. The molecule has 1 fully saturated rings. The molecule has 5 nitrogen and oxygen atoms in total. The molecule has 0 bridgehead atoms. The highest BCUT2D eigenvalue weighted by atomic mass is 79.9. The number of nitro benzene ring substituents is 1. The van der Waals surface area contributed by atoms with Gasteiger partial charge < -0.3 is 5.32 Å². The van der Waals surface area contributed by atoms with E-state index in [2.05, 4.69) is 35.1 Å². The van der Waals surface area contributed by atoms with Crippen LogP contribution in [0.25, 0.3) is 0 Å². The van der Waals surface area contributed by atoms with Crippen molar-refractivity contribution in [2.75, 3.05) is 0 Å². The van der Waals surface area contributed by atoms with Crippen molar-refractivity contribution in [2.45, 2.75) is 39.2 Å². The van der Waals surface area contributed by atoms with E-state index < -0.39 is 4.92 Å². The predicted octanol–water partition coefficient (Wildman–Crippen LogP) is 3.67. The molecular formula is C14H17BrN2O3. The number of amides is 1. The molecule has 0 spiro atoms. The van der Waals surface area contributed by atoms with Gasteiger partial charge in [0.1, 0.15) is 0 Å². The average Bonchev–Trinajstić information content (AvgIpc) is 2.68. The summed E-state index contributed by atoms with van der Waals surface area (Å²) in [5.41, 5.74) is 0.308. The highest BCUT2D eigenvalue weighted by Crippen LogP contribution is 2.37. The molecular weight excluding hydrogens is 324 g/mol. The molecule has 1 unspecified atom stereocenters. The molecule has 1 aromatic carbocycles. The van der Waals surface area contributed by atoms with Gasteiger partial charge in [-0.25, -0.2) is 0 Å². The Labute approximate surface area is 126 Å². The number of nitrogens with zero attached hydrogens (tertiary/aromatic N) is 1. The molecule has 20 heavy (non-hydrogen) atoms. The Morgan fingerprint density at radius 1 is 1.50 bits per heavy atom. The summed E-state index contributed by atoms with van der Waals surface area (Å²) in [6.07, 6.45) is 3.13. The van der Waals surface area contributed by atoms with Gasteiger partial charge in [0, 0.05) is 17.7 Å². The first-order chi connectivity index (χ1) is 9.31. The van der Waals surface area contributed by atoms with E-state index in [9.17, 15) is 14.9 Å². The van der Waals surface area contributed by atoms with Crippen LogP contribution in [0.3, 0.4) is 0 Å². The van der Waals surface area contributed by atoms with Crippen LogP contribution in [-0.4, -0.2) is 16.9 Å². The summed E-state index contributed by atoms with van der Waals surface area (Å²) in [5.74, 6) is -0.249. The number of rotatable bonds is 3. The van der Waals surface area contributed by atoms with Gasteiger partial charge in [0.15, 0.2) is 0 Å². The van der Waals surface area contributed by atoms with E-state index in [1.165, 1.54) is 12.1 Å². The number of hydrogen-bond acceptors (Lipinski definition) is 3. The van der Waals surface area contributed by atoms with Crippen LogP contribution >= 0.6 is 15.9 Å². The first-order valence-electron chi connectivity index (χ1n) is 6.56. The lowest BCUT2D eigenvalue weighted by molar-refractivity contribution is -0.385. The zero-order valence-corrected chi connectivity index (χ0v) is 13.1. The van der Waals surface area contributed by atoms with Crippen molar-refractivity contribution < 1.29 is 9.72 Å². The summed E-state index contributed by atoms with van der Waals surface area (Å²) in [6.45, 7) is 4.27. The minimum absolute atomic E-state index is 0.0803. The second-order valence-electron chi connectivity index (χ2n) is 5.83. The second-order valence-corrected chi connectivity index (χ2v) is 6.68. The molecule has 6 heteroatoms. The van der Waals surface area contributed by atoms with Crippen molar-refractivity contribution in [3.8, 4) is 0 Å². The van der Waals surface area contributed by atoms with Gasteiger partial charge in [-0.3, -0.25) is 14.9 Å². The third-order valence-corrected chi connectivity index (χ3v) is 4.64. The molecule has 1 atom stereocenters. The van der Waals surface area contributed by atoms with Crippen molar-refractivity contribution in [1.29, 1.82) is 0 Å². The third kappa shape index (κ3) is 3.00. The minimum atomic E-state index is -0.500. The van der Waals surface area contributed by atoms with Crippen LogP contribution in [0, 0.1) is 15.5 Å². The topological polar surface area (TPSA) is 72.2 Å². The van der Waals surface area contributed by atoms with E-state index in [1.807, 2.05) is 0 Å². The lowest BCUT2D eigenvalue weighted by atomic mass is 9.87. The molecule has 0 aromatic heterocycles. The molecule has 1 aliphatic carbocycles. The highest BCUT2D eigenvalue weighted by Gasteiger charge is 2.35. The van der Waals surface area contributed by atoms with Gasteiger partial charge in [-0.1, -0.05) is 20.3 Å². The van der Waals surface area contributed by atoms with Crippen molar-refractivity contribution in [3.63, 3.8) is 0 Å². The standard InChI is InChI=1S/C14H17BrN2O3/c1-14(2)7-3-4-12(14)16-13(18)9-5-6-10(15)11(8-9)17(19)20/h5-6,8,12H,3-4,7H2,1-2H3,(H,16,18). The number of carbonyl (C=O) groups is 1. The molecule has 1 saturated carbocycles. The molecule has 1 N–H and O–H groups in total. The van der Waals surface area contributed by atoms with E-state index in [0.29, 0.717) is 10.0 Å². The van der Waals surface area contributed by atoms with Crippen molar-refractivity contribution in [2.24, 2.45) is 5.41 Å². The van der Waals surface area contributed by atoms with Crippen molar-refractivity contribution >= 4 is 27.5 Å². The van der Waals surface area contributed by atoms with Crippen LogP contribution in [-0.2, 0) is 0 Å². The minimum Gasteiger partial charge on any atom is -0.349 e. The third-order valence-electron chi connectivity index (χ3n) is 3.97. The van der Waals surface area contributed by atoms with E-state index in [0.717, 1.165) is 19.3 Å². The zero-order chi connectivity index (χ0) is 14.9. The summed E-state index contributed by atoms with van der Waals surface area (Å²) in [5, 5.41) is 13.9. The van der Waals surface area contributed by atoms with Gasteiger partial charge in [0.05, 0.1) is 9.40 Å². The quantitative estimate of drug-likeness (QED) is 0.673. The summed E-state index contributed by atoms with van der Waals surface area (Å²) in [4.78, 5) is 22.6. The van der Waals surface area contributed by atoms with Crippen LogP contribution in [0.4, 0.5) is 5.69 Å². The second kappa shape index (κ2) is 5.52. The fraction of sp³-hybridized carbons (Fsp3) is 0.500. The van der Waals surface area contributed by atoms with Crippen LogP contribution < -0.4 is 5.32 Å². The summed E-state index contributed by atoms with van der Waals surface area (Å²) >= 11 is 3.11. The first-order valence-corrected chi connectivity index (χ1v) is 7.35. The van der Waals surface area contributed by atoms with Gasteiger partial charge in [0.25, 0.3) is 11.6 Å². The van der Waals surface area contributed by atoms with E-state index >= 15 is 0 Å². The Kier molecular flexibility index (Phi) is 4.13. The Balaban J connectivity index is 2.18. The molecule has 1 amide bonds. The van der Waals surface area contributed by atoms with Crippen LogP contribution in [0.2, 0.25) is 0 Å². The molecule has 0 radical (unpaired) electrons. The van der Waals surface area contributed by atoms with E-state index in [-0.39, 0.29) is 23.1 Å². The monoisotopic (exact) mass is 340 g/mol. The number of halogens is 1. The average molecular weight is 341 g/mol. The Morgan fingerprint density at radius 3 is 2.75 bits per heavy atom. The Morgan fingerprint density at radius 2 is 2.20 bits per heavy atom. The fourth-order valence-corrected chi connectivity index (χ4v) is 3.02. The SMILES string of the molecule is CC1(C)CCCC1NC(=O)c1ccc(Br)c([N+](=O)[O-])c1. The van der Waals surface area contributed by atoms with Crippen LogP contribution in [0.1, 0.15) is 43.5 Å². The Hall–Kier alpha value is -1.43. The van der Waals surface area contributed by atoms with Gasteiger partial charge >= 0.3 is 0 Å². The van der Waals surface area contributed by atoms with Gasteiger partial charge in [-0.2, -0.15) is 0 Å². The molecule has 1 aromatic rings. The number of hydrogen-bond donors (Lipinski definition) is 1. The maximum Gasteiger partial charge on any atom is 0.284 e. The molecule has 2 rings (SSSR count). The molecule has 0 saturated heterocycles. The van der Waals surface area contributed by atoms with E-state index in [1.54, 1.807) is 6.07 Å². The fourth-order valence-electron chi connectivity index (χ4n) is 2.63. The molecule has 108 valence electrons. The molecule has 1 aliphatic rings. The maximum atomic E-state index is 12.2. The lowest BCUT2D eigenvalue weighted by Gasteiger charge is -2.27. The zero-order valence-electron chi connectivity index (χ0n) is 11.5. The van der Waals surface area contributed by atoms with Crippen LogP contribution in [0.15, 0.2) is 22.7 Å². The largest absolute Gasteiger partial charge is 0.349 e. The normalized spacial score (nSPS) is 20.6. The van der Waals surface area contributed by atoms with Gasteiger partial charge in [-0.15, -0.1) is 0 Å². The maximum absolute atomic E-state index is 12.2. The number of nitro groups is 1. The summed E-state index contributed by atoms with van der Waals surface area (Å²) in [6, 6.07) is 4.56. The Bertz CT molecular complexity index is 557. The van der Waals surface area contributed by atoms with Gasteiger partial charge in [0.2, 0.25) is 0 Å². The summed E-state index contributed by atoms with van der Waals surface area (Å²) < 4.78 is 0.375. The molecule has 0 aliphatic heterocycles. The summed E-state index contributed by atoms with van der Waals surface area (Å²) in [7, 11) is 0. The number of benzene rings is 1. The number of nitrogens with one attached hydrogen (secondary N) is 1. The van der Waals surface area contributed by atoms with Crippen molar-refractivity contribution in [3.05, 3.63) is 38.3 Å². The van der Waals surface area contributed by atoms with Crippen LogP contribution in [0.5, 0.6) is 0 Å². The van der Waals surface area contributed by atoms with Crippen molar-refractivity contribution in [1.82, 2.24) is 5.32 Å². The van der Waals surface area contributed by atoms with Gasteiger partial charge in [-0.05, 0) is 46.3 Å². The molecule has 0 heterocycles. The predicted molar refractivity (Wildman–Crippen MR) is 79.7 cm³/mol. The highest BCUT2D eigenvalue weighted by molar-refractivity contribution is 9.10.